The van der Waals surface area contributed by atoms with Gasteiger partial charge in [0.2, 0.25) is 5.95 Å². The summed E-state index contributed by atoms with van der Waals surface area (Å²) in [5.41, 5.74) is 11.9. The van der Waals surface area contributed by atoms with Crippen molar-refractivity contribution in [3.8, 4) is 5.75 Å². The van der Waals surface area contributed by atoms with Gasteiger partial charge in [0.05, 0.1) is 13.7 Å². The highest BCUT2D eigenvalue weighted by Gasteiger charge is 2.12. The number of rotatable bonds is 5. The van der Waals surface area contributed by atoms with E-state index < -0.39 is 0 Å². The summed E-state index contributed by atoms with van der Waals surface area (Å²) in [5.74, 6) is 1.30. The number of hydrogen-bond donors (Lipinski definition) is 1. The van der Waals surface area contributed by atoms with Crippen molar-refractivity contribution in [3.05, 3.63) is 65.9 Å². The minimum absolute atomic E-state index is 0.444. The van der Waals surface area contributed by atoms with E-state index in [1.807, 2.05) is 55.0 Å². The molecular weight excluding hydrogens is 312 g/mol. The summed E-state index contributed by atoms with van der Waals surface area (Å²) in [5, 5.41) is 0. The zero-order valence-corrected chi connectivity index (χ0v) is 14.8. The normalized spacial score (nSPS) is 11.7. The largest absolute Gasteiger partial charge is 0.496 e. The number of ether oxygens (including phenoxy) is 1. The molecule has 0 amide bonds. The maximum absolute atomic E-state index is 6.14. The molecule has 0 saturated heterocycles. The van der Waals surface area contributed by atoms with Gasteiger partial charge in [-0.15, -0.1) is 0 Å². The average molecular weight is 334 g/mol. The lowest BCUT2D eigenvalue weighted by Crippen LogP contribution is -2.05. The lowest BCUT2D eigenvalue weighted by molar-refractivity contribution is 0.411. The van der Waals surface area contributed by atoms with Crippen molar-refractivity contribution < 1.29 is 4.74 Å². The second kappa shape index (κ2) is 6.81. The highest BCUT2D eigenvalue weighted by atomic mass is 16.5. The number of hydrogen-bond acceptors (Lipinski definition) is 4. The molecule has 2 N–H and O–H groups in total. The van der Waals surface area contributed by atoms with Crippen LogP contribution in [0.4, 0.5) is 5.95 Å². The molecule has 5 heteroatoms. The van der Waals surface area contributed by atoms with E-state index in [1.165, 1.54) is 0 Å². The number of anilines is 1. The van der Waals surface area contributed by atoms with Gasteiger partial charge < -0.3 is 10.5 Å². The van der Waals surface area contributed by atoms with E-state index in [0.717, 1.165) is 39.2 Å². The van der Waals surface area contributed by atoms with Gasteiger partial charge in [-0.2, -0.15) is 0 Å². The van der Waals surface area contributed by atoms with Crippen molar-refractivity contribution in [2.45, 2.75) is 20.4 Å². The molecule has 0 aliphatic carbocycles. The van der Waals surface area contributed by atoms with Crippen molar-refractivity contribution in [2.75, 3.05) is 12.8 Å². The van der Waals surface area contributed by atoms with E-state index in [4.69, 9.17) is 10.5 Å². The third kappa shape index (κ3) is 3.13. The van der Waals surface area contributed by atoms with E-state index in [0.29, 0.717) is 12.5 Å². The van der Waals surface area contributed by atoms with Gasteiger partial charge in [0, 0.05) is 11.8 Å². The lowest BCUT2D eigenvalue weighted by Gasteiger charge is -2.10. The van der Waals surface area contributed by atoms with Crippen LogP contribution in [0.3, 0.4) is 0 Å². The second-order valence-electron chi connectivity index (χ2n) is 5.87. The Labute approximate surface area is 147 Å². The predicted molar refractivity (Wildman–Crippen MR) is 103 cm³/mol. The highest BCUT2D eigenvalue weighted by Crippen LogP contribution is 2.24. The minimum atomic E-state index is 0.444. The molecule has 0 saturated carbocycles. The molecule has 5 nitrogen and oxygen atoms in total. The van der Waals surface area contributed by atoms with E-state index in [9.17, 15) is 0 Å². The van der Waals surface area contributed by atoms with Crippen molar-refractivity contribution in [3.63, 3.8) is 0 Å². The number of benzene rings is 1. The van der Waals surface area contributed by atoms with Crippen LogP contribution in [0.5, 0.6) is 5.75 Å². The van der Waals surface area contributed by atoms with Gasteiger partial charge in [-0.1, -0.05) is 30.9 Å². The fraction of sp³-hybridized carbons (Fsp3) is 0.200. The van der Waals surface area contributed by atoms with Crippen LogP contribution < -0.4 is 10.5 Å². The summed E-state index contributed by atoms with van der Waals surface area (Å²) >= 11 is 0. The van der Waals surface area contributed by atoms with Crippen LogP contribution in [0.25, 0.3) is 16.7 Å². The monoisotopic (exact) mass is 334 g/mol. The SMILES string of the molecule is C=C/C(=C\C)c1cnc2c(c1)nc(N)n2Cc1ccc(C)c(OC)c1. The molecule has 0 aliphatic rings. The molecule has 3 aromatic rings. The Morgan fingerprint density at radius 2 is 2.16 bits per heavy atom. The summed E-state index contributed by atoms with van der Waals surface area (Å²) < 4.78 is 7.31. The second-order valence-corrected chi connectivity index (χ2v) is 5.87. The summed E-state index contributed by atoms with van der Waals surface area (Å²) in [6.45, 7) is 8.41. The first-order valence-electron chi connectivity index (χ1n) is 8.11. The minimum Gasteiger partial charge on any atom is -0.496 e. The van der Waals surface area contributed by atoms with Crippen molar-refractivity contribution >= 4 is 22.7 Å². The van der Waals surface area contributed by atoms with E-state index >= 15 is 0 Å². The van der Waals surface area contributed by atoms with Crippen LogP contribution in [0, 0.1) is 6.92 Å². The molecule has 1 aromatic carbocycles. The number of nitrogens with two attached hydrogens (primary N) is 1. The molecule has 0 atom stereocenters. The molecule has 25 heavy (non-hydrogen) atoms. The van der Waals surface area contributed by atoms with Crippen LogP contribution in [0.15, 0.2) is 49.2 Å². The van der Waals surface area contributed by atoms with E-state index in [1.54, 1.807) is 7.11 Å². The molecule has 2 aromatic heterocycles. The first kappa shape index (κ1) is 16.8. The maximum atomic E-state index is 6.14. The van der Waals surface area contributed by atoms with Gasteiger partial charge in [-0.25, -0.2) is 9.97 Å². The van der Waals surface area contributed by atoms with Crippen molar-refractivity contribution in [1.29, 1.82) is 0 Å². The quantitative estimate of drug-likeness (QED) is 0.717. The smallest absolute Gasteiger partial charge is 0.202 e. The third-order valence-electron chi connectivity index (χ3n) is 4.29. The van der Waals surface area contributed by atoms with Gasteiger partial charge in [0.1, 0.15) is 11.3 Å². The number of aryl methyl sites for hydroxylation is 1. The number of allylic oxidation sites excluding steroid dienone is 3. The molecule has 0 spiro atoms. The Bertz CT molecular complexity index is 969. The summed E-state index contributed by atoms with van der Waals surface area (Å²) in [6.07, 6.45) is 5.63. The number of fused-ring (bicyclic) bond motifs is 1. The summed E-state index contributed by atoms with van der Waals surface area (Å²) in [6, 6.07) is 8.11. The zero-order valence-electron chi connectivity index (χ0n) is 14.8. The highest BCUT2D eigenvalue weighted by molar-refractivity contribution is 5.82. The maximum Gasteiger partial charge on any atom is 0.202 e. The molecule has 0 radical (unpaired) electrons. The van der Waals surface area contributed by atoms with Gasteiger partial charge in [-0.3, -0.25) is 4.57 Å². The first-order chi connectivity index (χ1) is 12.1. The Morgan fingerprint density at radius 1 is 1.36 bits per heavy atom. The Balaban J connectivity index is 2.02. The Morgan fingerprint density at radius 3 is 2.84 bits per heavy atom. The average Bonchev–Trinajstić information content (AvgIpc) is 2.92. The van der Waals surface area contributed by atoms with Gasteiger partial charge in [0.15, 0.2) is 5.65 Å². The topological polar surface area (TPSA) is 66.0 Å². The predicted octanol–water partition coefficient (Wildman–Crippen LogP) is 3.97. The lowest BCUT2D eigenvalue weighted by atomic mass is 10.1. The summed E-state index contributed by atoms with van der Waals surface area (Å²) in [7, 11) is 1.68. The van der Waals surface area contributed by atoms with Crippen molar-refractivity contribution in [2.24, 2.45) is 0 Å². The molecule has 0 unspecified atom stereocenters. The fourth-order valence-corrected chi connectivity index (χ4v) is 2.89. The van der Waals surface area contributed by atoms with Crippen LogP contribution in [-0.4, -0.2) is 21.6 Å². The molecule has 0 aliphatic heterocycles. The van der Waals surface area contributed by atoms with Gasteiger partial charge >= 0.3 is 0 Å². The molecule has 3 rings (SSSR count). The summed E-state index contributed by atoms with van der Waals surface area (Å²) in [4.78, 5) is 9.04. The van der Waals surface area contributed by atoms with Crippen LogP contribution in [0.1, 0.15) is 23.6 Å². The van der Waals surface area contributed by atoms with Crippen molar-refractivity contribution in [1.82, 2.24) is 14.5 Å². The van der Waals surface area contributed by atoms with Crippen LogP contribution in [-0.2, 0) is 6.54 Å². The third-order valence-corrected chi connectivity index (χ3v) is 4.29. The van der Waals surface area contributed by atoms with E-state index in [-0.39, 0.29) is 0 Å². The molecule has 0 bridgehead atoms. The number of nitrogen functional groups attached to an aromatic ring is 1. The number of aromatic nitrogens is 3. The molecule has 0 fully saturated rings. The molecule has 128 valence electrons. The standard InChI is InChI=1S/C20H22N4O/c1-5-15(6-2)16-10-17-19(22-11-16)24(20(21)23-17)12-14-8-7-13(3)18(9-14)25-4/h5-11H,1,12H2,2-4H3,(H2,21,23)/b15-6+. The Kier molecular flexibility index (Phi) is 4.57. The Hall–Kier alpha value is -3.08. The first-order valence-corrected chi connectivity index (χ1v) is 8.11. The number of pyridine rings is 1. The van der Waals surface area contributed by atoms with Crippen LogP contribution >= 0.6 is 0 Å². The van der Waals surface area contributed by atoms with E-state index in [2.05, 4.69) is 22.6 Å². The zero-order chi connectivity index (χ0) is 18.0. The molecule has 2 heterocycles. The number of nitrogens with zero attached hydrogens (tertiary/aromatic N) is 3. The number of imidazole rings is 1. The van der Waals surface area contributed by atoms with Gasteiger partial charge in [0.25, 0.3) is 0 Å². The van der Waals surface area contributed by atoms with Crippen LogP contribution in [0.2, 0.25) is 0 Å². The molecular formula is C20H22N4O. The number of methoxy groups -OCH3 is 1. The van der Waals surface area contributed by atoms with Gasteiger partial charge in [-0.05, 0) is 42.7 Å². The fourth-order valence-electron chi connectivity index (χ4n) is 2.89.